The van der Waals surface area contributed by atoms with Crippen molar-refractivity contribution in [3.05, 3.63) is 50.8 Å². The Balaban J connectivity index is 1.08. The van der Waals surface area contributed by atoms with Crippen molar-refractivity contribution >= 4 is 188 Å². The molecule has 0 radical (unpaired) electrons. The standard InChI is InChI=1S/C17H12S16/c1-18-5-6(19-2)23-9(22-5)11-26-13-14(27-11)31-17(30-13)32-15-16(33-17)29-12(28-15)10-24-7(20-3)8(21-4)25-10/h1-4H3. The first-order valence-electron chi connectivity index (χ1n) is 8.85. The van der Waals surface area contributed by atoms with E-state index in [9.17, 15) is 0 Å². The molecule has 0 aromatic rings. The summed E-state index contributed by atoms with van der Waals surface area (Å²) in [5.41, 5.74) is 0. The van der Waals surface area contributed by atoms with E-state index in [2.05, 4.69) is 72.1 Å². The predicted octanol–water partition coefficient (Wildman–Crippen LogP) is 12.7. The van der Waals surface area contributed by atoms with Gasteiger partial charge >= 0.3 is 0 Å². The molecule has 1 spiro atoms. The van der Waals surface area contributed by atoms with Crippen molar-refractivity contribution < 1.29 is 0 Å². The van der Waals surface area contributed by atoms with Gasteiger partial charge in [-0.3, -0.25) is 0 Å². The first kappa shape index (κ1) is 27.2. The third-order valence-electron chi connectivity index (χ3n) is 4.10. The zero-order chi connectivity index (χ0) is 22.7. The Labute approximate surface area is 262 Å². The minimum atomic E-state index is 0.147. The summed E-state index contributed by atoms with van der Waals surface area (Å²) in [5.74, 6) is 0. The molecule has 0 nitrogen and oxygen atoms in total. The number of thioether (sulfide) groups is 16. The maximum Gasteiger partial charge on any atom is 0.173 e. The molecule has 33 heavy (non-hydrogen) atoms. The van der Waals surface area contributed by atoms with Gasteiger partial charge in [-0.25, -0.2) is 0 Å². The fourth-order valence-corrected chi connectivity index (χ4v) is 29.7. The third kappa shape index (κ3) is 5.39. The summed E-state index contributed by atoms with van der Waals surface area (Å²) in [7, 11) is 0. The Hall–Kier alpha value is 4.04. The lowest BCUT2D eigenvalue weighted by Crippen LogP contribution is -2.01. The molecule has 0 fully saturated rings. The van der Waals surface area contributed by atoms with Gasteiger partial charge < -0.3 is 0 Å². The number of rotatable bonds is 4. The second kappa shape index (κ2) is 11.5. The van der Waals surface area contributed by atoms with Crippen LogP contribution >= 0.6 is 188 Å². The van der Waals surface area contributed by atoms with Crippen molar-refractivity contribution in [2.24, 2.45) is 0 Å². The molecule has 0 amide bonds. The fourth-order valence-electron chi connectivity index (χ4n) is 2.75. The van der Waals surface area contributed by atoms with Crippen LogP contribution in [0.4, 0.5) is 0 Å². The third-order valence-corrected chi connectivity index (χ3v) is 28.3. The Morgan fingerprint density at radius 2 is 0.606 bits per heavy atom. The van der Waals surface area contributed by atoms with Crippen LogP contribution in [0.3, 0.4) is 0 Å². The van der Waals surface area contributed by atoms with E-state index in [1.807, 2.05) is 141 Å². The number of hydrogen-bond donors (Lipinski definition) is 0. The molecule has 0 saturated heterocycles. The van der Waals surface area contributed by atoms with Gasteiger partial charge in [0.1, 0.15) is 0 Å². The van der Waals surface area contributed by atoms with Gasteiger partial charge in [0.2, 0.25) is 0 Å². The maximum atomic E-state index is 2.19. The topological polar surface area (TPSA) is 0 Å². The average molecular weight is 729 g/mol. The predicted molar refractivity (Wildman–Crippen MR) is 190 cm³/mol. The van der Waals surface area contributed by atoms with Gasteiger partial charge in [0.25, 0.3) is 0 Å². The summed E-state index contributed by atoms with van der Waals surface area (Å²) >= 11 is 31.8. The van der Waals surface area contributed by atoms with Crippen LogP contribution < -0.4 is 0 Å². The lowest BCUT2D eigenvalue weighted by Gasteiger charge is -2.22. The zero-order valence-electron chi connectivity index (χ0n) is 17.0. The van der Waals surface area contributed by atoms with Crippen LogP contribution in [0.15, 0.2) is 50.8 Å². The largest absolute Gasteiger partial charge is 0.173 e. The van der Waals surface area contributed by atoms with Crippen LogP contribution in [-0.4, -0.2) is 27.8 Å². The molecule has 0 N–H and O–H groups in total. The molecule has 0 unspecified atom stereocenters. The van der Waals surface area contributed by atoms with Crippen LogP contribution in [0.1, 0.15) is 0 Å². The molecule has 6 aliphatic rings. The van der Waals surface area contributed by atoms with Crippen LogP contribution in [0, 0.1) is 0 Å². The second-order valence-electron chi connectivity index (χ2n) is 5.99. The summed E-state index contributed by atoms with van der Waals surface area (Å²) in [6.07, 6.45) is 8.77. The quantitative estimate of drug-likeness (QED) is 0.269. The van der Waals surface area contributed by atoms with Crippen molar-refractivity contribution in [1.29, 1.82) is 0 Å². The minimum absolute atomic E-state index is 0.147. The number of hydrogen-bond acceptors (Lipinski definition) is 16. The van der Waals surface area contributed by atoms with Crippen molar-refractivity contribution in [1.82, 2.24) is 0 Å². The highest BCUT2D eigenvalue weighted by atomic mass is 32.3. The fraction of sp³-hybridized carbons (Fsp3) is 0.294. The lowest BCUT2D eigenvalue weighted by atomic mass is 11.2. The average Bonchev–Trinajstić information content (AvgIpc) is 3.61. The van der Waals surface area contributed by atoms with Crippen molar-refractivity contribution in [3.63, 3.8) is 0 Å². The van der Waals surface area contributed by atoms with Gasteiger partial charge in [0.05, 0.1) is 50.8 Å². The summed E-state index contributed by atoms with van der Waals surface area (Å²) in [4.78, 5) is 0. The van der Waals surface area contributed by atoms with Crippen LogP contribution in [-0.2, 0) is 0 Å². The van der Waals surface area contributed by atoms with Gasteiger partial charge in [-0.15, -0.1) is 47.0 Å². The molecule has 6 heterocycles. The molecule has 0 aliphatic carbocycles. The minimum Gasteiger partial charge on any atom is -0.121 e. The Morgan fingerprint density at radius 3 is 0.848 bits per heavy atom. The van der Waals surface area contributed by atoms with E-state index in [1.54, 1.807) is 0 Å². The van der Waals surface area contributed by atoms with E-state index < -0.39 is 0 Å². The molecule has 176 valence electrons. The van der Waals surface area contributed by atoms with E-state index in [-0.39, 0.29) is 2.74 Å². The highest BCUT2D eigenvalue weighted by Crippen LogP contribution is 2.83. The molecule has 6 aliphatic heterocycles. The summed E-state index contributed by atoms with van der Waals surface area (Å²) < 4.78 is 18.0. The van der Waals surface area contributed by atoms with Gasteiger partial charge in [-0.2, -0.15) is 0 Å². The molecule has 6 rings (SSSR count). The van der Waals surface area contributed by atoms with Crippen molar-refractivity contribution in [3.8, 4) is 0 Å². The van der Waals surface area contributed by atoms with Gasteiger partial charge in [0, 0.05) is 0 Å². The van der Waals surface area contributed by atoms with Gasteiger partial charge in [-0.05, 0) is 25.0 Å². The van der Waals surface area contributed by atoms with Gasteiger partial charge in [-0.1, -0.05) is 141 Å². The highest BCUT2D eigenvalue weighted by Gasteiger charge is 2.53. The van der Waals surface area contributed by atoms with Crippen LogP contribution in [0.5, 0.6) is 0 Å². The SMILES string of the molecule is CSC1=C(SC)SC(=C2SC3=C(S2)SC2(S3)SC3=C(SC(=C4SC(SC)=C(SC)S4)S3)S2)S1. The normalized spacial score (nSPS) is 26.5. The highest BCUT2D eigenvalue weighted by molar-refractivity contribution is 8.64. The van der Waals surface area contributed by atoms with Crippen molar-refractivity contribution in [2.45, 2.75) is 2.74 Å². The smallest absolute Gasteiger partial charge is 0.121 e. The molecular formula is C17H12S16. The summed E-state index contributed by atoms with van der Waals surface area (Å²) in [6.45, 7) is 0. The van der Waals surface area contributed by atoms with E-state index in [0.29, 0.717) is 0 Å². The van der Waals surface area contributed by atoms with Gasteiger partial charge in [0.15, 0.2) is 2.74 Å². The van der Waals surface area contributed by atoms with E-state index in [4.69, 9.17) is 0 Å². The van der Waals surface area contributed by atoms with Crippen LogP contribution in [0.2, 0.25) is 0 Å². The lowest BCUT2D eigenvalue weighted by molar-refractivity contribution is 1.95. The van der Waals surface area contributed by atoms with E-state index in [0.717, 1.165) is 0 Å². The molecule has 0 aromatic heterocycles. The van der Waals surface area contributed by atoms with E-state index >= 15 is 0 Å². The molecule has 0 atom stereocenters. The summed E-state index contributed by atoms with van der Waals surface area (Å²) in [5, 5.41) is 0. The molecular weight excluding hydrogens is 717 g/mol. The Bertz CT molecular complexity index is 952. The first-order chi connectivity index (χ1) is 16.0. The Morgan fingerprint density at radius 1 is 0.364 bits per heavy atom. The zero-order valence-corrected chi connectivity index (χ0v) is 30.1. The molecule has 0 saturated carbocycles. The molecule has 0 aromatic carbocycles. The van der Waals surface area contributed by atoms with Crippen molar-refractivity contribution in [2.75, 3.05) is 25.0 Å². The Kier molecular flexibility index (Phi) is 9.48. The molecule has 16 heteroatoms. The first-order valence-corrected chi connectivity index (χ1v) is 23.5. The molecule has 0 bridgehead atoms. The summed E-state index contributed by atoms with van der Waals surface area (Å²) in [6, 6.07) is 0. The van der Waals surface area contributed by atoms with E-state index in [1.165, 1.54) is 50.8 Å². The van der Waals surface area contributed by atoms with Crippen LogP contribution in [0.25, 0.3) is 0 Å². The maximum absolute atomic E-state index is 2.19. The second-order valence-corrected chi connectivity index (χ2v) is 27.0. The monoisotopic (exact) mass is 728 g/mol.